The fourth-order valence-electron chi connectivity index (χ4n) is 2.47. The Morgan fingerprint density at radius 1 is 1.19 bits per heavy atom. The highest BCUT2D eigenvalue weighted by atomic mass is 35.5. The van der Waals surface area contributed by atoms with Crippen LogP contribution in [0.25, 0.3) is 0 Å². The summed E-state index contributed by atoms with van der Waals surface area (Å²) in [5.41, 5.74) is 0. The molecule has 1 aromatic carbocycles. The molecule has 0 radical (unpaired) electrons. The third kappa shape index (κ3) is 4.63. The second kappa shape index (κ2) is 8.06. The average molecular weight is 327 g/mol. The van der Waals surface area contributed by atoms with Crippen LogP contribution in [-0.2, 0) is 4.79 Å². The Labute approximate surface area is 136 Å². The molecule has 0 saturated carbocycles. The van der Waals surface area contributed by atoms with Crippen LogP contribution in [0.1, 0.15) is 20.3 Å². The zero-order valence-corrected chi connectivity index (χ0v) is 14.3. The molecule has 1 saturated heterocycles. The Kier molecular flexibility index (Phi) is 6.40. The SMILES string of the molecule is CC[C@H](Sc1ccc(Cl)cc1)C(=O)N1CCN(CC)CC1. The number of halogens is 1. The van der Waals surface area contributed by atoms with Crippen molar-refractivity contribution < 1.29 is 4.79 Å². The van der Waals surface area contributed by atoms with E-state index in [2.05, 4.69) is 18.7 Å². The molecule has 1 fully saturated rings. The quantitative estimate of drug-likeness (QED) is 0.775. The van der Waals surface area contributed by atoms with E-state index in [1.165, 1.54) is 0 Å². The monoisotopic (exact) mass is 326 g/mol. The highest BCUT2D eigenvalue weighted by Crippen LogP contribution is 2.28. The van der Waals surface area contributed by atoms with E-state index in [9.17, 15) is 4.79 Å². The summed E-state index contributed by atoms with van der Waals surface area (Å²) in [6.45, 7) is 9.00. The summed E-state index contributed by atoms with van der Waals surface area (Å²) in [4.78, 5) is 18.2. The zero-order valence-electron chi connectivity index (χ0n) is 12.7. The van der Waals surface area contributed by atoms with E-state index in [0.717, 1.165) is 49.1 Å². The van der Waals surface area contributed by atoms with Gasteiger partial charge in [-0.2, -0.15) is 0 Å². The van der Waals surface area contributed by atoms with E-state index in [0.29, 0.717) is 0 Å². The van der Waals surface area contributed by atoms with Gasteiger partial charge in [-0.15, -0.1) is 11.8 Å². The Hall–Kier alpha value is -0.710. The molecule has 0 aromatic heterocycles. The van der Waals surface area contributed by atoms with Crippen molar-refractivity contribution in [2.75, 3.05) is 32.7 Å². The molecule has 116 valence electrons. The van der Waals surface area contributed by atoms with Gasteiger partial charge >= 0.3 is 0 Å². The van der Waals surface area contributed by atoms with Crippen LogP contribution in [0.2, 0.25) is 5.02 Å². The lowest BCUT2D eigenvalue weighted by Gasteiger charge is -2.35. The van der Waals surface area contributed by atoms with Crippen LogP contribution in [0.3, 0.4) is 0 Å². The van der Waals surface area contributed by atoms with Crippen LogP contribution in [0, 0.1) is 0 Å². The molecule has 1 heterocycles. The largest absolute Gasteiger partial charge is 0.339 e. The van der Waals surface area contributed by atoms with Crippen molar-refractivity contribution >= 4 is 29.3 Å². The summed E-state index contributed by atoms with van der Waals surface area (Å²) >= 11 is 7.55. The molecule has 1 atom stereocenters. The zero-order chi connectivity index (χ0) is 15.2. The van der Waals surface area contributed by atoms with Crippen LogP contribution in [0.5, 0.6) is 0 Å². The summed E-state index contributed by atoms with van der Waals surface area (Å²) in [7, 11) is 0. The minimum absolute atomic E-state index is 0.000600. The molecule has 0 unspecified atom stereocenters. The summed E-state index contributed by atoms with van der Waals surface area (Å²) in [5, 5.41) is 0.730. The van der Waals surface area contributed by atoms with Gasteiger partial charge in [0, 0.05) is 36.1 Å². The topological polar surface area (TPSA) is 23.6 Å². The summed E-state index contributed by atoms with van der Waals surface area (Å²) in [6, 6.07) is 7.72. The van der Waals surface area contributed by atoms with E-state index in [-0.39, 0.29) is 11.2 Å². The summed E-state index contributed by atoms with van der Waals surface area (Å²) in [6.07, 6.45) is 0.847. The predicted octanol–water partition coefficient (Wildman–Crippen LogP) is 3.37. The number of benzene rings is 1. The van der Waals surface area contributed by atoms with Crippen molar-refractivity contribution in [3.8, 4) is 0 Å². The molecule has 1 amide bonds. The van der Waals surface area contributed by atoms with E-state index in [1.807, 2.05) is 29.2 Å². The molecule has 0 bridgehead atoms. The van der Waals surface area contributed by atoms with Gasteiger partial charge in [0.15, 0.2) is 0 Å². The standard InChI is InChI=1S/C16H23ClN2OS/c1-3-15(21-14-7-5-13(17)6-8-14)16(20)19-11-9-18(4-2)10-12-19/h5-8,15H,3-4,9-12H2,1-2H3/t15-/m0/s1. The predicted molar refractivity (Wildman–Crippen MR) is 90.1 cm³/mol. The number of amides is 1. The number of thioether (sulfide) groups is 1. The van der Waals surface area contributed by atoms with Crippen LogP contribution < -0.4 is 0 Å². The first-order chi connectivity index (χ1) is 10.1. The number of rotatable bonds is 5. The van der Waals surface area contributed by atoms with Crippen molar-refractivity contribution in [1.82, 2.24) is 9.80 Å². The minimum atomic E-state index is -0.000600. The molecule has 0 N–H and O–H groups in total. The number of hydrogen-bond donors (Lipinski definition) is 0. The number of piperazine rings is 1. The highest BCUT2D eigenvalue weighted by Gasteiger charge is 2.26. The first kappa shape index (κ1) is 16.7. The summed E-state index contributed by atoms with van der Waals surface area (Å²) < 4.78 is 0. The first-order valence-electron chi connectivity index (χ1n) is 7.57. The van der Waals surface area contributed by atoms with Gasteiger partial charge in [-0.25, -0.2) is 0 Å². The molecule has 0 aliphatic carbocycles. The molecule has 3 nitrogen and oxygen atoms in total. The Bertz CT molecular complexity index is 458. The van der Waals surface area contributed by atoms with Gasteiger partial charge in [0.05, 0.1) is 5.25 Å². The minimum Gasteiger partial charge on any atom is -0.339 e. The smallest absolute Gasteiger partial charge is 0.236 e. The third-order valence-electron chi connectivity index (χ3n) is 3.87. The Balaban J connectivity index is 1.94. The van der Waals surface area contributed by atoms with Crippen molar-refractivity contribution in [2.24, 2.45) is 0 Å². The highest BCUT2D eigenvalue weighted by molar-refractivity contribution is 8.00. The lowest BCUT2D eigenvalue weighted by atomic mass is 10.2. The van der Waals surface area contributed by atoms with Gasteiger partial charge in [-0.05, 0) is 37.2 Å². The van der Waals surface area contributed by atoms with Crippen LogP contribution in [0.15, 0.2) is 29.2 Å². The van der Waals surface area contributed by atoms with Gasteiger partial charge in [-0.3, -0.25) is 4.79 Å². The number of carbonyl (C=O) groups is 1. The second-order valence-corrected chi connectivity index (χ2v) is 6.94. The fraction of sp³-hybridized carbons (Fsp3) is 0.562. The Morgan fingerprint density at radius 3 is 2.33 bits per heavy atom. The van der Waals surface area contributed by atoms with Crippen molar-refractivity contribution in [2.45, 2.75) is 30.4 Å². The summed E-state index contributed by atoms with van der Waals surface area (Å²) in [5.74, 6) is 0.271. The van der Waals surface area contributed by atoms with Gasteiger partial charge in [0.1, 0.15) is 0 Å². The lowest BCUT2D eigenvalue weighted by Crippen LogP contribution is -2.50. The number of carbonyl (C=O) groups excluding carboxylic acids is 1. The molecular weight excluding hydrogens is 304 g/mol. The van der Waals surface area contributed by atoms with Gasteiger partial charge < -0.3 is 9.80 Å². The lowest BCUT2D eigenvalue weighted by molar-refractivity contribution is -0.132. The number of nitrogens with zero attached hydrogens (tertiary/aromatic N) is 2. The molecule has 1 aromatic rings. The normalized spacial score (nSPS) is 17.8. The van der Waals surface area contributed by atoms with Crippen LogP contribution in [0.4, 0.5) is 0 Å². The van der Waals surface area contributed by atoms with Crippen LogP contribution >= 0.6 is 23.4 Å². The Morgan fingerprint density at radius 2 is 1.81 bits per heavy atom. The maximum Gasteiger partial charge on any atom is 0.236 e. The molecule has 0 spiro atoms. The maximum atomic E-state index is 12.7. The van der Waals surface area contributed by atoms with E-state index >= 15 is 0 Å². The first-order valence-corrected chi connectivity index (χ1v) is 8.83. The molecule has 21 heavy (non-hydrogen) atoms. The number of hydrogen-bond acceptors (Lipinski definition) is 3. The molecule has 5 heteroatoms. The van der Waals surface area contributed by atoms with Gasteiger partial charge in [-0.1, -0.05) is 25.4 Å². The van der Waals surface area contributed by atoms with Gasteiger partial charge in [0.25, 0.3) is 0 Å². The van der Waals surface area contributed by atoms with Gasteiger partial charge in [0.2, 0.25) is 5.91 Å². The van der Waals surface area contributed by atoms with E-state index in [1.54, 1.807) is 11.8 Å². The van der Waals surface area contributed by atoms with Crippen LogP contribution in [-0.4, -0.2) is 53.7 Å². The molecular formula is C16H23ClN2OS. The van der Waals surface area contributed by atoms with E-state index in [4.69, 9.17) is 11.6 Å². The fourth-order valence-corrected chi connectivity index (χ4v) is 3.64. The maximum absolute atomic E-state index is 12.7. The molecule has 1 aliphatic rings. The molecule has 1 aliphatic heterocycles. The average Bonchev–Trinajstić information content (AvgIpc) is 2.54. The van der Waals surface area contributed by atoms with Crippen molar-refractivity contribution in [1.29, 1.82) is 0 Å². The molecule has 2 rings (SSSR count). The van der Waals surface area contributed by atoms with Crippen molar-refractivity contribution in [3.63, 3.8) is 0 Å². The second-order valence-electron chi connectivity index (χ2n) is 5.23. The van der Waals surface area contributed by atoms with E-state index < -0.39 is 0 Å². The van der Waals surface area contributed by atoms with Crippen molar-refractivity contribution in [3.05, 3.63) is 29.3 Å². The third-order valence-corrected chi connectivity index (χ3v) is 5.49. The number of likely N-dealkylation sites (N-methyl/N-ethyl adjacent to an activating group) is 1.